The van der Waals surface area contributed by atoms with Crippen molar-refractivity contribution in [1.82, 2.24) is 0 Å². The van der Waals surface area contributed by atoms with Crippen molar-refractivity contribution in [3.8, 4) is 44.6 Å². The highest BCUT2D eigenvalue weighted by atomic mass is 32.1. The van der Waals surface area contributed by atoms with Crippen molar-refractivity contribution < 1.29 is 0 Å². The smallest absolute Gasteiger partial charge is 0.0549 e. The Kier molecular flexibility index (Phi) is 5.24. The highest BCUT2D eigenvalue weighted by Crippen LogP contribution is 2.52. The molecule has 0 bridgehead atoms. The Morgan fingerprint density at radius 3 is 1.31 bits per heavy atom. The lowest BCUT2D eigenvalue weighted by Gasteiger charge is -2.04. The fraction of sp³-hybridized carbons (Fsp3) is 0.0625. The summed E-state index contributed by atoms with van der Waals surface area (Å²) in [5.41, 5.74) is 4.85. The Labute approximate surface area is 225 Å². The van der Waals surface area contributed by atoms with E-state index in [4.69, 9.17) is 0 Å². The first-order chi connectivity index (χ1) is 17.8. The second-order valence-electron chi connectivity index (χ2n) is 8.45. The SMILES string of the molecule is CC#Cc1c2sc3cc(-c4ccccc4)sc3c2c(C#CC)c2sc3cc(-c4ccccc4)sc3c12. The zero-order chi connectivity index (χ0) is 24.2. The van der Waals surface area contributed by atoms with Crippen molar-refractivity contribution in [3.63, 3.8) is 0 Å². The van der Waals surface area contributed by atoms with Crippen LogP contribution in [0.3, 0.4) is 0 Å². The lowest BCUT2D eigenvalue weighted by atomic mass is 10.0. The number of fused-ring (bicyclic) bond motifs is 6. The van der Waals surface area contributed by atoms with Crippen LogP contribution in [0.4, 0.5) is 0 Å². The van der Waals surface area contributed by atoms with Gasteiger partial charge in [-0.1, -0.05) is 72.5 Å². The van der Waals surface area contributed by atoms with Crippen molar-refractivity contribution in [2.75, 3.05) is 0 Å². The van der Waals surface area contributed by atoms with Crippen molar-refractivity contribution in [2.24, 2.45) is 0 Å². The maximum absolute atomic E-state index is 3.52. The van der Waals surface area contributed by atoms with Crippen LogP contribution in [0.2, 0.25) is 0 Å². The minimum absolute atomic E-state index is 1.16. The van der Waals surface area contributed by atoms with E-state index < -0.39 is 0 Å². The van der Waals surface area contributed by atoms with Crippen molar-refractivity contribution >= 4 is 84.3 Å². The van der Waals surface area contributed by atoms with Crippen molar-refractivity contribution in [3.05, 3.63) is 83.9 Å². The molecule has 7 aromatic rings. The standard InChI is InChI=1S/C32H18S4/c1-3-11-21-27-30(36-25-17-23(33-31(25)27)19-13-7-5-8-14-19)22(12-4-2)28-29(21)35-26-18-24(34-32(26)28)20-15-9-6-10-16-20/h5-10,13-18H,1-2H3. The summed E-state index contributed by atoms with van der Waals surface area (Å²) in [5.74, 6) is 13.5. The van der Waals surface area contributed by atoms with E-state index in [9.17, 15) is 0 Å². The summed E-state index contributed by atoms with van der Waals surface area (Å²) in [6.07, 6.45) is 0. The largest absolute Gasteiger partial charge is 0.134 e. The molecule has 36 heavy (non-hydrogen) atoms. The summed E-state index contributed by atoms with van der Waals surface area (Å²) in [7, 11) is 0. The Bertz CT molecular complexity index is 1900. The van der Waals surface area contributed by atoms with Gasteiger partial charge in [-0.15, -0.1) is 57.2 Å². The Morgan fingerprint density at radius 2 is 0.917 bits per heavy atom. The molecule has 3 aromatic carbocycles. The Balaban J connectivity index is 1.59. The first kappa shape index (κ1) is 21.9. The van der Waals surface area contributed by atoms with Gasteiger partial charge in [0.15, 0.2) is 0 Å². The highest BCUT2D eigenvalue weighted by molar-refractivity contribution is 7.36. The zero-order valence-electron chi connectivity index (χ0n) is 19.6. The monoisotopic (exact) mass is 530 g/mol. The molecule has 4 aromatic heterocycles. The molecule has 4 heterocycles. The molecule has 0 radical (unpaired) electrons. The molecule has 0 atom stereocenters. The van der Waals surface area contributed by atoms with Crippen LogP contribution in [-0.4, -0.2) is 0 Å². The molecule has 0 spiro atoms. The third-order valence-electron chi connectivity index (χ3n) is 6.30. The lowest BCUT2D eigenvalue weighted by molar-refractivity contribution is 1.70. The summed E-state index contributed by atoms with van der Waals surface area (Å²) >= 11 is 7.47. The molecule has 0 amide bonds. The summed E-state index contributed by atoms with van der Waals surface area (Å²) < 4.78 is 7.83. The first-order valence-corrected chi connectivity index (χ1v) is 14.9. The minimum Gasteiger partial charge on any atom is -0.134 e. The number of hydrogen-bond donors (Lipinski definition) is 0. The van der Waals surface area contributed by atoms with E-state index in [2.05, 4.69) is 96.5 Å². The molecule has 0 aliphatic rings. The fourth-order valence-electron chi connectivity index (χ4n) is 4.79. The number of rotatable bonds is 2. The second kappa shape index (κ2) is 8.63. The van der Waals surface area contributed by atoms with E-state index in [1.54, 1.807) is 0 Å². The van der Waals surface area contributed by atoms with Crippen LogP contribution in [0.15, 0.2) is 72.8 Å². The van der Waals surface area contributed by atoms with Gasteiger partial charge in [0, 0.05) is 29.9 Å². The second-order valence-corrected chi connectivity index (χ2v) is 12.7. The molecular weight excluding hydrogens is 513 g/mol. The molecule has 170 valence electrons. The van der Waals surface area contributed by atoms with Gasteiger partial charge in [0.2, 0.25) is 0 Å². The minimum atomic E-state index is 1.16. The number of thiophene rings is 4. The van der Waals surface area contributed by atoms with Gasteiger partial charge in [-0.05, 0) is 37.1 Å². The summed E-state index contributed by atoms with van der Waals surface area (Å²) in [4.78, 5) is 2.61. The summed E-state index contributed by atoms with van der Waals surface area (Å²) in [6, 6.07) is 26.0. The molecule has 7 rings (SSSR count). The van der Waals surface area contributed by atoms with Crippen LogP contribution >= 0.6 is 45.3 Å². The molecule has 0 nitrogen and oxygen atoms in total. The number of benzene rings is 3. The van der Waals surface area contributed by atoms with Gasteiger partial charge in [0.25, 0.3) is 0 Å². The van der Waals surface area contributed by atoms with E-state index in [-0.39, 0.29) is 0 Å². The van der Waals surface area contributed by atoms with E-state index in [0.717, 1.165) is 11.1 Å². The normalized spacial score (nSPS) is 11.2. The van der Waals surface area contributed by atoms with E-state index in [1.165, 1.54) is 59.9 Å². The third kappa shape index (κ3) is 3.27. The van der Waals surface area contributed by atoms with Gasteiger partial charge in [-0.25, -0.2) is 0 Å². The molecule has 0 aliphatic carbocycles. The third-order valence-corrected chi connectivity index (χ3v) is 11.3. The van der Waals surface area contributed by atoms with E-state index in [0.29, 0.717) is 0 Å². The summed E-state index contributed by atoms with van der Waals surface area (Å²) in [5, 5.41) is 2.55. The van der Waals surface area contributed by atoms with Gasteiger partial charge in [0.1, 0.15) is 0 Å². The van der Waals surface area contributed by atoms with Crippen LogP contribution in [0.25, 0.3) is 59.9 Å². The topological polar surface area (TPSA) is 0 Å². The molecule has 0 saturated heterocycles. The predicted octanol–water partition coefficient (Wildman–Crippen LogP) is 10.6. The van der Waals surface area contributed by atoms with Crippen LogP contribution in [0, 0.1) is 23.7 Å². The Morgan fingerprint density at radius 1 is 0.500 bits per heavy atom. The molecule has 0 aliphatic heterocycles. The van der Waals surface area contributed by atoms with Gasteiger partial charge in [-0.3, -0.25) is 0 Å². The maximum atomic E-state index is 3.52. The molecule has 4 heteroatoms. The first-order valence-electron chi connectivity index (χ1n) is 11.6. The summed E-state index contributed by atoms with van der Waals surface area (Å²) in [6.45, 7) is 3.88. The van der Waals surface area contributed by atoms with E-state index >= 15 is 0 Å². The van der Waals surface area contributed by atoms with Crippen molar-refractivity contribution in [2.45, 2.75) is 13.8 Å². The molecule has 0 N–H and O–H groups in total. The van der Waals surface area contributed by atoms with Crippen LogP contribution in [-0.2, 0) is 0 Å². The van der Waals surface area contributed by atoms with E-state index in [1.807, 2.05) is 59.2 Å². The predicted molar refractivity (Wildman–Crippen MR) is 164 cm³/mol. The number of hydrogen-bond acceptors (Lipinski definition) is 4. The van der Waals surface area contributed by atoms with Crippen LogP contribution in [0.1, 0.15) is 25.0 Å². The Hall–Kier alpha value is -3.38. The quantitative estimate of drug-likeness (QED) is 0.195. The molecule has 0 saturated carbocycles. The van der Waals surface area contributed by atoms with Crippen LogP contribution in [0.5, 0.6) is 0 Å². The highest BCUT2D eigenvalue weighted by Gasteiger charge is 2.23. The molecule has 0 unspecified atom stereocenters. The zero-order valence-corrected chi connectivity index (χ0v) is 22.8. The molecular formula is C32H18S4. The lowest BCUT2D eigenvalue weighted by Crippen LogP contribution is -1.84. The van der Waals surface area contributed by atoms with Crippen molar-refractivity contribution in [1.29, 1.82) is 0 Å². The molecule has 0 fully saturated rings. The average Bonchev–Trinajstić information content (AvgIpc) is 3.66. The average molecular weight is 531 g/mol. The fourth-order valence-corrected chi connectivity index (χ4v) is 10.1. The maximum Gasteiger partial charge on any atom is 0.0549 e. The van der Waals surface area contributed by atoms with Gasteiger partial charge < -0.3 is 0 Å². The van der Waals surface area contributed by atoms with Gasteiger partial charge >= 0.3 is 0 Å². The van der Waals surface area contributed by atoms with Gasteiger partial charge in [-0.2, -0.15) is 0 Å². The van der Waals surface area contributed by atoms with Gasteiger partial charge in [0.05, 0.1) is 29.9 Å². The van der Waals surface area contributed by atoms with Crippen LogP contribution < -0.4 is 0 Å².